The number of aromatic nitrogens is 2. The molecule has 0 saturated carbocycles. The Balaban J connectivity index is 1.49. The van der Waals surface area contributed by atoms with Crippen LogP contribution in [-0.4, -0.2) is 55.5 Å². The smallest absolute Gasteiger partial charge is 0.224 e. The molecule has 0 bridgehead atoms. The van der Waals surface area contributed by atoms with E-state index in [1.807, 2.05) is 19.1 Å². The van der Waals surface area contributed by atoms with Crippen molar-refractivity contribution in [2.75, 3.05) is 55.0 Å². The van der Waals surface area contributed by atoms with Crippen LogP contribution < -0.4 is 15.5 Å². The van der Waals surface area contributed by atoms with E-state index in [-0.39, 0.29) is 6.10 Å². The maximum atomic E-state index is 5.66. The minimum absolute atomic E-state index is 0.257. The second-order valence-corrected chi connectivity index (χ2v) is 6.98. The number of nitrogens with one attached hydrogen (secondary N) is 2. The summed E-state index contributed by atoms with van der Waals surface area (Å²) in [4.78, 5) is 11.5. The number of ether oxygens (including phenoxy) is 2. The molecule has 2 aliphatic heterocycles. The van der Waals surface area contributed by atoms with E-state index in [0.717, 1.165) is 69.5 Å². The fourth-order valence-electron chi connectivity index (χ4n) is 3.52. The molecule has 7 heteroatoms. The summed E-state index contributed by atoms with van der Waals surface area (Å²) in [5.74, 6) is 1.43. The van der Waals surface area contributed by atoms with Crippen LogP contribution in [0, 0.1) is 6.92 Å². The summed E-state index contributed by atoms with van der Waals surface area (Å²) in [5, 5.41) is 6.79. The summed E-state index contributed by atoms with van der Waals surface area (Å²) < 4.78 is 11.1. The fraction of sp³-hybridized carbons (Fsp3) is 0.500. The molecule has 1 aromatic carbocycles. The van der Waals surface area contributed by atoms with Gasteiger partial charge in [-0.05, 0) is 31.9 Å². The van der Waals surface area contributed by atoms with Gasteiger partial charge in [-0.25, -0.2) is 4.98 Å². The lowest BCUT2D eigenvalue weighted by Crippen LogP contribution is -2.36. The molecule has 2 aliphatic rings. The quantitative estimate of drug-likeness (QED) is 0.811. The summed E-state index contributed by atoms with van der Waals surface area (Å²) in [5.41, 5.74) is 3.14. The zero-order valence-electron chi connectivity index (χ0n) is 15.8. The van der Waals surface area contributed by atoms with Crippen LogP contribution in [0.4, 0.5) is 23.1 Å². The van der Waals surface area contributed by atoms with Crippen molar-refractivity contribution < 1.29 is 9.47 Å². The van der Waals surface area contributed by atoms with E-state index >= 15 is 0 Å². The van der Waals surface area contributed by atoms with Crippen LogP contribution in [-0.2, 0) is 9.47 Å². The Hall–Kier alpha value is -2.38. The first-order chi connectivity index (χ1) is 13.3. The largest absolute Gasteiger partial charge is 0.378 e. The molecule has 4 rings (SSSR count). The van der Waals surface area contributed by atoms with Gasteiger partial charge in [-0.3, -0.25) is 0 Å². The third kappa shape index (κ3) is 4.67. The number of rotatable bonds is 6. The van der Waals surface area contributed by atoms with E-state index in [1.54, 1.807) is 0 Å². The summed E-state index contributed by atoms with van der Waals surface area (Å²) in [7, 11) is 0. The van der Waals surface area contributed by atoms with Crippen LogP contribution in [0.1, 0.15) is 18.5 Å². The number of hydrogen-bond acceptors (Lipinski definition) is 7. The molecule has 2 N–H and O–H groups in total. The average Bonchev–Trinajstić information content (AvgIpc) is 3.21. The zero-order chi connectivity index (χ0) is 18.5. The van der Waals surface area contributed by atoms with E-state index in [2.05, 4.69) is 43.7 Å². The molecule has 2 saturated heterocycles. The van der Waals surface area contributed by atoms with Crippen molar-refractivity contribution in [2.24, 2.45) is 0 Å². The Morgan fingerprint density at radius 1 is 1.15 bits per heavy atom. The van der Waals surface area contributed by atoms with Crippen molar-refractivity contribution in [1.82, 2.24) is 9.97 Å². The van der Waals surface area contributed by atoms with Crippen molar-refractivity contribution in [1.29, 1.82) is 0 Å². The van der Waals surface area contributed by atoms with Gasteiger partial charge in [0.15, 0.2) is 0 Å². The van der Waals surface area contributed by atoms with Crippen molar-refractivity contribution in [3.63, 3.8) is 0 Å². The fourth-order valence-corrected chi connectivity index (χ4v) is 3.52. The lowest BCUT2D eigenvalue weighted by molar-refractivity contribution is 0.120. The minimum atomic E-state index is 0.257. The molecule has 0 radical (unpaired) electrons. The first-order valence-corrected chi connectivity index (χ1v) is 9.68. The summed E-state index contributed by atoms with van der Waals surface area (Å²) in [6.45, 7) is 6.90. The van der Waals surface area contributed by atoms with Gasteiger partial charge < -0.3 is 25.0 Å². The van der Waals surface area contributed by atoms with E-state index in [9.17, 15) is 0 Å². The highest BCUT2D eigenvalue weighted by Crippen LogP contribution is 2.29. The van der Waals surface area contributed by atoms with Crippen LogP contribution in [0.3, 0.4) is 0 Å². The normalized spacial score (nSPS) is 19.9. The Labute approximate surface area is 160 Å². The van der Waals surface area contributed by atoms with Crippen LogP contribution >= 0.6 is 0 Å². The molecule has 0 aliphatic carbocycles. The van der Waals surface area contributed by atoms with Crippen molar-refractivity contribution in [3.8, 4) is 0 Å². The van der Waals surface area contributed by atoms with Gasteiger partial charge in [0.25, 0.3) is 0 Å². The van der Waals surface area contributed by atoms with E-state index < -0.39 is 0 Å². The number of benzene rings is 1. The molecule has 144 valence electrons. The molecular weight excluding hydrogens is 342 g/mol. The summed E-state index contributed by atoms with van der Waals surface area (Å²) in [6.07, 6.45) is 2.48. The van der Waals surface area contributed by atoms with Gasteiger partial charge >= 0.3 is 0 Å². The zero-order valence-corrected chi connectivity index (χ0v) is 15.8. The van der Waals surface area contributed by atoms with Crippen molar-refractivity contribution >= 4 is 23.1 Å². The van der Waals surface area contributed by atoms with Gasteiger partial charge in [0.2, 0.25) is 5.95 Å². The van der Waals surface area contributed by atoms with Gasteiger partial charge in [0.1, 0.15) is 5.82 Å². The van der Waals surface area contributed by atoms with E-state index in [0.29, 0.717) is 5.95 Å². The van der Waals surface area contributed by atoms with Crippen LogP contribution in [0.15, 0.2) is 30.3 Å². The molecule has 1 aromatic heterocycles. The molecule has 7 nitrogen and oxygen atoms in total. The third-order valence-electron chi connectivity index (χ3n) is 4.88. The highest BCUT2D eigenvalue weighted by atomic mass is 16.5. The second kappa shape index (κ2) is 8.54. The predicted molar refractivity (Wildman–Crippen MR) is 107 cm³/mol. The number of nitrogens with zero attached hydrogens (tertiary/aromatic N) is 3. The monoisotopic (exact) mass is 369 g/mol. The van der Waals surface area contributed by atoms with Gasteiger partial charge in [-0.15, -0.1) is 0 Å². The molecule has 27 heavy (non-hydrogen) atoms. The molecule has 2 fully saturated rings. The topological polar surface area (TPSA) is 71.5 Å². The number of para-hydroxylation sites is 2. The van der Waals surface area contributed by atoms with Crippen LogP contribution in [0.25, 0.3) is 0 Å². The van der Waals surface area contributed by atoms with Crippen LogP contribution in [0.2, 0.25) is 0 Å². The predicted octanol–water partition coefficient (Wildman–Crippen LogP) is 2.96. The summed E-state index contributed by atoms with van der Waals surface area (Å²) >= 11 is 0. The number of aryl methyl sites for hydroxylation is 1. The van der Waals surface area contributed by atoms with Gasteiger partial charge in [-0.1, -0.05) is 12.1 Å². The van der Waals surface area contributed by atoms with Gasteiger partial charge in [-0.2, -0.15) is 4.98 Å². The van der Waals surface area contributed by atoms with Gasteiger partial charge in [0, 0.05) is 38.0 Å². The lowest BCUT2D eigenvalue weighted by Gasteiger charge is -2.30. The first kappa shape index (κ1) is 18.0. The Morgan fingerprint density at radius 3 is 2.81 bits per heavy atom. The Morgan fingerprint density at radius 2 is 2.00 bits per heavy atom. The minimum Gasteiger partial charge on any atom is -0.378 e. The van der Waals surface area contributed by atoms with Crippen LogP contribution in [0.5, 0.6) is 0 Å². The average molecular weight is 369 g/mol. The molecule has 1 unspecified atom stereocenters. The maximum Gasteiger partial charge on any atom is 0.224 e. The standard InChI is InChI=1S/C20H27N5O2/c1-15-13-19(24-20(22-15)21-14-16-5-4-10-27-16)23-17-6-2-3-7-18(17)25-8-11-26-12-9-25/h2-3,6-7,13,16H,4-5,8-12,14H2,1H3,(H2,21,22,23,24). The second-order valence-electron chi connectivity index (χ2n) is 6.98. The molecular formula is C20H27N5O2. The molecule has 2 aromatic rings. The first-order valence-electron chi connectivity index (χ1n) is 9.68. The highest BCUT2D eigenvalue weighted by Gasteiger charge is 2.17. The van der Waals surface area contributed by atoms with Crippen molar-refractivity contribution in [2.45, 2.75) is 25.9 Å². The number of hydrogen-bond donors (Lipinski definition) is 2. The van der Waals surface area contributed by atoms with Crippen molar-refractivity contribution in [3.05, 3.63) is 36.0 Å². The highest BCUT2D eigenvalue weighted by molar-refractivity contribution is 5.74. The number of anilines is 4. The third-order valence-corrected chi connectivity index (χ3v) is 4.88. The lowest BCUT2D eigenvalue weighted by atomic mass is 10.2. The van der Waals surface area contributed by atoms with E-state index in [4.69, 9.17) is 9.47 Å². The molecule has 0 spiro atoms. The molecule has 3 heterocycles. The molecule has 0 amide bonds. The van der Waals surface area contributed by atoms with Gasteiger partial charge in [0.05, 0.1) is 30.7 Å². The Kier molecular flexibility index (Phi) is 5.69. The Bertz CT molecular complexity index is 758. The number of morpholine rings is 1. The van der Waals surface area contributed by atoms with E-state index in [1.165, 1.54) is 5.69 Å². The summed E-state index contributed by atoms with van der Waals surface area (Å²) in [6, 6.07) is 10.3. The molecule has 1 atom stereocenters. The maximum absolute atomic E-state index is 5.66. The SMILES string of the molecule is Cc1cc(Nc2ccccc2N2CCOCC2)nc(NCC2CCCO2)n1.